The summed E-state index contributed by atoms with van der Waals surface area (Å²) >= 11 is 0. The molecule has 1 saturated carbocycles. The highest BCUT2D eigenvalue weighted by atomic mass is 16.4. The molecule has 0 aliphatic heterocycles. The van der Waals surface area contributed by atoms with Crippen molar-refractivity contribution < 1.29 is 9.90 Å². The first kappa shape index (κ1) is 17.8. The number of nitrogens with zero attached hydrogens (tertiary/aromatic N) is 5. The summed E-state index contributed by atoms with van der Waals surface area (Å²) in [6.45, 7) is 1.95. The molecule has 3 heterocycles. The van der Waals surface area contributed by atoms with Crippen molar-refractivity contribution in [1.29, 1.82) is 5.26 Å². The third kappa shape index (κ3) is 3.22. The summed E-state index contributed by atoms with van der Waals surface area (Å²) in [7, 11) is 0. The molecule has 1 atom stereocenters. The average molecular weight is 374 g/mol. The molecule has 140 valence electrons. The summed E-state index contributed by atoms with van der Waals surface area (Å²) < 4.78 is 0. The monoisotopic (exact) mass is 374 g/mol. The van der Waals surface area contributed by atoms with Crippen molar-refractivity contribution in [3.8, 4) is 17.3 Å². The highest BCUT2D eigenvalue weighted by Crippen LogP contribution is 2.31. The molecule has 1 aliphatic carbocycles. The highest BCUT2D eigenvalue weighted by Gasteiger charge is 2.27. The van der Waals surface area contributed by atoms with Crippen LogP contribution in [0.3, 0.4) is 0 Å². The van der Waals surface area contributed by atoms with E-state index >= 15 is 0 Å². The van der Waals surface area contributed by atoms with Crippen LogP contribution in [0.5, 0.6) is 0 Å². The van der Waals surface area contributed by atoms with Crippen molar-refractivity contribution in [3.63, 3.8) is 0 Å². The van der Waals surface area contributed by atoms with Crippen molar-refractivity contribution in [1.82, 2.24) is 19.9 Å². The summed E-state index contributed by atoms with van der Waals surface area (Å²) in [4.78, 5) is 32.1. The number of carboxylic acid groups (broad SMARTS) is 1. The van der Waals surface area contributed by atoms with Crippen LogP contribution in [0, 0.1) is 24.2 Å². The number of carboxylic acids is 1. The number of hydrogen-bond donors (Lipinski definition) is 2. The van der Waals surface area contributed by atoms with Crippen molar-refractivity contribution in [3.05, 3.63) is 35.8 Å². The van der Waals surface area contributed by atoms with Gasteiger partial charge in [-0.15, -0.1) is 0 Å². The van der Waals surface area contributed by atoms with Crippen LogP contribution in [-0.2, 0) is 4.79 Å². The fraction of sp³-hybridized carbons (Fsp3) is 0.300. The van der Waals surface area contributed by atoms with E-state index in [0.29, 0.717) is 35.5 Å². The Morgan fingerprint density at radius 3 is 3.00 bits per heavy atom. The molecule has 8 nitrogen and oxygen atoms in total. The van der Waals surface area contributed by atoms with E-state index in [4.69, 9.17) is 0 Å². The molecule has 0 amide bonds. The predicted octanol–water partition coefficient (Wildman–Crippen LogP) is 3.55. The van der Waals surface area contributed by atoms with E-state index in [1.807, 2.05) is 13.0 Å². The predicted molar refractivity (Wildman–Crippen MR) is 103 cm³/mol. The van der Waals surface area contributed by atoms with Gasteiger partial charge < -0.3 is 10.1 Å². The molecule has 28 heavy (non-hydrogen) atoms. The molecule has 1 fully saturated rings. The lowest BCUT2D eigenvalue weighted by molar-refractivity contribution is -0.139. The van der Waals surface area contributed by atoms with Crippen LogP contribution < -0.4 is 0 Å². The van der Waals surface area contributed by atoms with E-state index in [1.54, 1.807) is 12.4 Å². The molecule has 1 aliphatic rings. The first-order valence-electron chi connectivity index (χ1n) is 9.08. The van der Waals surface area contributed by atoms with E-state index in [1.165, 1.54) is 6.20 Å². The van der Waals surface area contributed by atoms with Gasteiger partial charge in [-0.3, -0.25) is 4.79 Å². The number of hydrogen-bond acceptors (Lipinski definition) is 6. The van der Waals surface area contributed by atoms with Gasteiger partial charge in [0.1, 0.15) is 11.7 Å². The molecule has 8 heteroatoms. The number of nitriles is 1. The minimum absolute atomic E-state index is 0.173. The van der Waals surface area contributed by atoms with Gasteiger partial charge in [-0.05, 0) is 37.8 Å². The van der Waals surface area contributed by atoms with Crippen LogP contribution in [0.1, 0.15) is 36.8 Å². The quantitative estimate of drug-likeness (QED) is 0.721. The molecule has 0 radical (unpaired) electrons. The molecule has 0 aromatic carbocycles. The van der Waals surface area contributed by atoms with Crippen molar-refractivity contribution >= 4 is 28.7 Å². The lowest BCUT2D eigenvalue weighted by Gasteiger charge is -2.20. The van der Waals surface area contributed by atoms with Gasteiger partial charge in [0.05, 0.1) is 23.4 Å². The molecule has 2 N–H and O–H groups in total. The van der Waals surface area contributed by atoms with Gasteiger partial charge in [0.2, 0.25) is 5.95 Å². The van der Waals surface area contributed by atoms with Gasteiger partial charge in [-0.2, -0.15) is 5.26 Å². The van der Waals surface area contributed by atoms with Crippen molar-refractivity contribution in [2.75, 3.05) is 0 Å². The molecule has 4 rings (SSSR count). The molecule has 1 unspecified atom stereocenters. The molecule has 0 spiro atoms. The standard InChI is InChI=1S/C20H18N6O2/c1-11-6-14-15(10-23-18(14)22-8-11)17-12(7-21)9-24-20(26-17)25-16-5-3-2-4-13(16)19(27)28/h6,8-10,13H,2-5H2,1H3,(H,22,23)(H,27,28)/b25-16+. The number of aromatic amines is 1. The number of aromatic nitrogens is 4. The summed E-state index contributed by atoms with van der Waals surface area (Å²) in [5.41, 5.74) is 3.81. The van der Waals surface area contributed by atoms with Crippen LogP contribution >= 0.6 is 0 Å². The molecule has 3 aromatic rings. The number of rotatable bonds is 3. The summed E-state index contributed by atoms with van der Waals surface area (Å²) in [5.74, 6) is -1.30. The molecular formula is C20H18N6O2. The molecular weight excluding hydrogens is 356 g/mol. The van der Waals surface area contributed by atoms with Crippen molar-refractivity contribution in [2.45, 2.75) is 32.6 Å². The van der Waals surface area contributed by atoms with Gasteiger partial charge >= 0.3 is 5.97 Å². The van der Waals surface area contributed by atoms with E-state index < -0.39 is 11.9 Å². The minimum Gasteiger partial charge on any atom is -0.481 e. The number of aliphatic imine (C=N–C) groups is 1. The van der Waals surface area contributed by atoms with Crippen LogP contribution in [0.25, 0.3) is 22.3 Å². The topological polar surface area (TPSA) is 128 Å². The Balaban J connectivity index is 1.82. The second-order valence-corrected chi connectivity index (χ2v) is 6.90. The van der Waals surface area contributed by atoms with Crippen LogP contribution in [0.4, 0.5) is 5.95 Å². The Labute approximate surface area is 161 Å². The fourth-order valence-electron chi connectivity index (χ4n) is 3.54. The second-order valence-electron chi connectivity index (χ2n) is 6.90. The Bertz CT molecular complexity index is 1140. The maximum absolute atomic E-state index is 11.5. The zero-order valence-electron chi connectivity index (χ0n) is 15.3. The summed E-state index contributed by atoms with van der Waals surface area (Å²) in [6.07, 6.45) is 7.92. The number of aliphatic carboxylic acids is 1. The smallest absolute Gasteiger partial charge is 0.312 e. The van der Waals surface area contributed by atoms with Gasteiger partial charge in [0.25, 0.3) is 0 Å². The largest absolute Gasteiger partial charge is 0.481 e. The number of aryl methyl sites for hydroxylation is 1. The summed E-state index contributed by atoms with van der Waals surface area (Å²) in [5, 5.41) is 19.8. The maximum Gasteiger partial charge on any atom is 0.312 e. The number of nitrogens with one attached hydrogen (secondary N) is 1. The van der Waals surface area contributed by atoms with E-state index in [9.17, 15) is 15.2 Å². The minimum atomic E-state index is -0.870. The Morgan fingerprint density at radius 1 is 1.36 bits per heavy atom. The number of carbonyl (C=O) groups is 1. The van der Waals surface area contributed by atoms with Gasteiger partial charge in [-0.25, -0.2) is 19.9 Å². The fourth-order valence-corrected chi connectivity index (χ4v) is 3.54. The average Bonchev–Trinajstić information content (AvgIpc) is 3.11. The lowest BCUT2D eigenvalue weighted by Crippen LogP contribution is -2.27. The molecule has 3 aromatic heterocycles. The number of H-pyrrole nitrogens is 1. The SMILES string of the molecule is Cc1cnc2[nH]cc(-c3nc(/N=C4\CCCCC4C(=O)O)ncc3C#N)c2c1. The Morgan fingerprint density at radius 2 is 2.21 bits per heavy atom. The second kappa shape index (κ2) is 7.19. The highest BCUT2D eigenvalue weighted by molar-refractivity contribution is 6.03. The maximum atomic E-state index is 11.5. The third-order valence-corrected chi connectivity index (χ3v) is 4.94. The van der Waals surface area contributed by atoms with Crippen LogP contribution in [0.2, 0.25) is 0 Å². The Kier molecular flexibility index (Phi) is 4.57. The number of pyridine rings is 1. The van der Waals surface area contributed by atoms with Crippen LogP contribution in [0.15, 0.2) is 29.6 Å². The van der Waals surface area contributed by atoms with Gasteiger partial charge in [0, 0.05) is 29.1 Å². The van der Waals surface area contributed by atoms with E-state index in [2.05, 4.69) is 31.0 Å². The lowest BCUT2D eigenvalue weighted by atomic mass is 9.87. The molecule has 0 saturated heterocycles. The first-order valence-corrected chi connectivity index (χ1v) is 9.08. The zero-order chi connectivity index (χ0) is 19.7. The first-order chi connectivity index (χ1) is 13.6. The normalized spacial score (nSPS) is 18.3. The third-order valence-electron chi connectivity index (χ3n) is 4.94. The zero-order valence-corrected chi connectivity index (χ0v) is 15.3. The van der Waals surface area contributed by atoms with Crippen LogP contribution in [-0.4, -0.2) is 36.7 Å². The van der Waals surface area contributed by atoms with E-state index in [0.717, 1.165) is 29.4 Å². The van der Waals surface area contributed by atoms with Gasteiger partial charge in [-0.1, -0.05) is 6.42 Å². The van der Waals surface area contributed by atoms with E-state index in [-0.39, 0.29) is 5.95 Å². The number of fused-ring (bicyclic) bond motifs is 1. The summed E-state index contributed by atoms with van der Waals surface area (Å²) in [6, 6.07) is 4.10. The van der Waals surface area contributed by atoms with Gasteiger partial charge in [0.15, 0.2) is 0 Å². The molecule has 0 bridgehead atoms. The Hall–Kier alpha value is -3.60. The van der Waals surface area contributed by atoms with Crippen molar-refractivity contribution in [2.24, 2.45) is 10.9 Å².